The highest BCUT2D eigenvalue weighted by atomic mass is 35.5. The van der Waals surface area contributed by atoms with Gasteiger partial charge in [-0.1, -0.05) is 42.0 Å². The molecule has 7 heteroatoms. The van der Waals surface area contributed by atoms with E-state index in [1.165, 1.54) is 0 Å². The van der Waals surface area contributed by atoms with Crippen molar-refractivity contribution in [1.82, 2.24) is 0 Å². The van der Waals surface area contributed by atoms with E-state index in [-0.39, 0.29) is 24.9 Å². The van der Waals surface area contributed by atoms with Gasteiger partial charge in [0.25, 0.3) is 0 Å². The number of carboxylic acids is 1. The van der Waals surface area contributed by atoms with E-state index in [0.717, 1.165) is 0 Å². The number of hydrogen-bond donors (Lipinski definition) is 4. The van der Waals surface area contributed by atoms with Crippen LogP contribution in [0.5, 0.6) is 5.75 Å². The molecule has 1 aromatic carbocycles. The van der Waals surface area contributed by atoms with Gasteiger partial charge in [-0.15, -0.1) is 0 Å². The van der Waals surface area contributed by atoms with Crippen molar-refractivity contribution < 1.29 is 30.0 Å². The average molecular weight is 425 g/mol. The molecule has 1 aliphatic carbocycles. The maximum absolute atomic E-state index is 10.5. The van der Waals surface area contributed by atoms with Gasteiger partial charge in [0.1, 0.15) is 18.5 Å². The quantitative estimate of drug-likeness (QED) is 0.321. The molecule has 1 saturated carbocycles. The van der Waals surface area contributed by atoms with Gasteiger partial charge >= 0.3 is 5.97 Å². The third-order valence-electron chi connectivity index (χ3n) is 5.02. The summed E-state index contributed by atoms with van der Waals surface area (Å²) in [4.78, 5) is 10.5. The van der Waals surface area contributed by atoms with E-state index in [9.17, 15) is 20.1 Å². The molecule has 160 valence electrons. The molecule has 1 fully saturated rings. The number of hydrogen-bond acceptors (Lipinski definition) is 5. The van der Waals surface area contributed by atoms with Crippen LogP contribution < -0.4 is 4.74 Å². The van der Waals surface area contributed by atoms with Gasteiger partial charge in [0.15, 0.2) is 0 Å². The molecule has 3 unspecified atom stereocenters. The van der Waals surface area contributed by atoms with Crippen molar-refractivity contribution >= 4 is 17.6 Å². The molecule has 1 aromatic rings. The van der Waals surface area contributed by atoms with E-state index in [2.05, 4.69) is 0 Å². The van der Waals surface area contributed by atoms with Crippen LogP contribution in [-0.4, -0.2) is 51.3 Å². The summed E-state index contributed by atoms with van der Waals surface area (Å²) in [5.41, 5.74) is 0. The molecule has 0 aliphatic heterocycles. The number of aliphatic hydroxyl groups excluding tert-OH is 3. The molecule has 0 spiro atoms. The number of halogens is 1. The maximum Gasteiger partial charge on any atom is 0.303 e. The van der Waals surface area contributed by atoms with Gasteiger partial charge in [-0.05, 0) is 43.4 Å². The first kappa shape index (κ1) is 23.4. The smallest absolute Gasteiger partial charge is 0.303 e. The minimum atomic E-state index is -0.855. The van der Waals surface area contributed by atoms with Crippen LogP contribution in [0.25, 0.3) is 0 Å². The third kappa shape index (κ3) is 8.19. The highest BCUT2D eigenvalue weighted by Gasteiger charge is 2.39. The van der Waals surface area contributed by atoms with E-state index < -0.39 is 24.3 Å². The van der Waals surface area contributed by atoms with Crippen LogP contribution >= 0.6 is 11.6 Å². The maximum atomic E-state index is 10.5. The average Bonchev–Trinajstić information content (AvgIpc) is 2.93. The van der Waals surface area contributed by atoms with Gasteiger partial charge in [0, 0.05) is 23.8 Å². The van der Waals surface area contributed by atoms with Crippen LogP contribution in [0.3, 0.4) is 0 Å². The number of unbranched alkanes of at least 4 members (excludes halogenated alkanes) is 1. The van der Waals surface area contributed by atoms with Crippen LogP contribution in [0.4, 0.5) is 0 Å². The van der Waals surface area contributed by atoms with Gasteiger partial charge in [-0.3, -0.25) is 4.79 Å². The largest absolute Gasteiger partial charge is 0.491 e. The van der Waals surface area contributed by atoms with E-state index in [0.29, 0.717) is 36.5 Å². The normalized spacial score (nSPS) is 25.7. The molecular formula is C22H29ClO6. The number of aliphatic hydroxyl groups is 3. The summed E-state index contributed by atoms with van der Waals surface area (Å²) in [7, 11) is 0. The second kappa shape index (κ2) is 12.0. The number of allylic oxidation sites excluding steroid dienone is 2. The summed E-state index contributed by atoms with van der Waals surface area (Å²) in [5.74, 6) is -0.671. The van der Waals surface area contributed by atoms with Gasteiger partial charge in [0.05, 0.1) is 12.2 Å². The number of aliphatic carboxylic acids is 1. The minimum Gasteiger partial charge on any atom is -0.491 e. The van der Waals surface area contributed by atoms with Crippen LogP contribution in [0, 0.1) is 11.8 Å². The van der Waals surface area contributed by atoms with E-state index in [1.54, 1.807) is 36.4 Å². The molecule has 2 rings (SSSR count). The van der Waals surface area contributed by atoms with Crippen molar-refractivity contribution in [2.45, 2.75) is 50.4 Å². The van der Waals surface area contributed by atoms with Gasteiger partial charge in [0.2, 0.25) is 0 Å². The van der Waals surface area contributed by atoms with Crippen molar-refractivity contribution in [3.05, 3.63) is 53.6 Å². The van der Waals surface area contributed by atoms with Crippen molar-refractivity contribution in [2.75, 3.05) is 6.61 Å². The first-order valence-corrected chi connectivity index (χ1v) is 10.2. The Kier molecular flexibility index (Phi) is 9.67. The molecular weight excluding hydrogens is 396 g/mol. The monoisotopic (exact) mass is 424 g/mol. The zero-order valence-electron chi connectivity index (χ0n) is 16.2. The van der Waals surface area contributed by atoms with Crippen LogP contribution in [0.1, 0.15) is 32.1 Å². The Morgan fingerprint density at radius 1 is 1.28 bits per heavy atom. The first-order chi connectivity index (χ1) is 13.9. The Hall–Kier alpha value is -1.86. The second-order valence-corrected chi connectivity index (χ2v) is 7.76. The number of carboxylic acid groups (broad SMARTS) is 1. The third-order valence-corrected chi connectivity index (χ3v) is 5.26. The molecule has 0 amide bonds. The molecule has 1 aliphatic rings. The van der Waals surface area contributed by atoms with Crippen molar-refractivity contribution in [2.24, 2.45) is 11.8 Å². The second-order valence-electron chi connectivity index (χ2n) is 7.33. The molecule has 4 N–H and O–H groups in total. The molecule has 0 saturated heterocycles. The Morgan fingerprint density at radius 3 is 2.79 bits per heavy atom. The minimum absolute atomic E-state index is 0.0519. The zero-order valence-corrected chi connectivity index (χ0v) is 17.0. The molecule has 0 radical (unpaired) electrons. The predicted octanol–water partition coefficient (Wildman–Crippen LogP) is 3.20. The van der Waals surface area contributed by atoms with Gasteiger partial charge < -0.3 is 25.2 Å². The van der Waals surface area contributed by atoms with Crippen LogP contribution in [-0.2, 0) is 4.79 Å². The molecule has 5 atom stereocenters. The summed E-state index contributed by atoms with van der Waals surface area (Å²) in [6, 6.07) is 6.90. The number of carbonyl (C=O) groups is 1. The van der Waals surface area contributed by atoms with E-state index in [4.69, 9.17) is 21.4 Å². The molecule has 29 heavy (non-hydrogen) atoms. The van der Waals surface area contributed by atoms with E-state index in [1.807, 2.05) is 12.2 Å². The number of ether oxygens (including phenoxy) is 1. The number of rotatable bonds is 11. The fourth-order valence-corrected chi connectivity index (χ4v) is 3.68. The molecule has 6 nitrogen and oxygen atoms in total. The van der Waals surface area contributed by atoms with Crippen molar-refractivity contribution in [3.8, 4) is 5.75 Å². The standard InChI is InChI=1S/C22H29ClO6/c23-15-6-5-7-17(12-15)29-14-16(24)10-11-19-18(20(25)13-21(19)26)8-3-1-2-4-9-22(27)28/h1,3,5-7,10-12,16,18-21,24-26H,2,4,8-9,13-14H2,(H,27,28)/t16?,18-,19-,20?,21?/m1/s1. The number of benzene rings is 1. The lowest BCUT2D eigenvalue weighted by Crippen LogP contribution is -2.21. The molecule has 0 bridgehead atoms. The lowest BCUT2D eigenvalue weighted by molar-refractivity contribution is -0.137. The lowest BCUT2D eigenvalue weighted by Gasteiger charge is -2.19. The topological polar surface area (TPSA) is 107 Å². The van der Waals surface area contributed by atoms with Crippen LogP contribution in [0.15, 0.2) is 48.6 Å². The Balaban J connectivity index is 1.83. The fourth-order valence-electron chi connectivity index (χ4n) is 3.50. The summed E-state index contributed by atoms with van der Waals surface area (Å²) >= 11 is 5.90. The van der Waals surface area contributed by atoms with Crippen molar-refractivity contribution in [1.29, 1.82) is 0 Å². The van der Waals surface area contributed by atoms with Crippen molar-refractivity contribution in [3.63, 3.8) is 0 Å². The summed E-state index contributed by atoms with van der Waals surface area (Å²) in [6.07, 6.45) is 7.26. The van der Waals surface area contributed by atoms with Gasteiger partial charge in [-0.25, -0.2) is 0 Å². The highest BCUT2D eigenvalue weighted by molar-refractivity contribution is 6.30. The van der Waals surface area contributed by atoms with Gasteiger partial charge in [-0.2, -0.15) is 0 Å². The SMILES string of the molecule is O=C(O)CCCC=CC[C@H]1C(O)CC(O)[C@@H]1C=CC(O)COc1cccc(Cl)c1. The first-order valence-electron chi connectivity index (χ1n) is 9.84. The summed E-state index contributed by atoms with van der Waals surface area (Å²) in [6.45, 7) is 0.0519. The summed E-state index contributed by atoms with van der Waals surface area (Å²) < 4.78 is 5.51. The highest BCUT2D eigenvalue weighted by Crippen LogP contribution is 2.36. The molecule has 0 heterocycles. The Morgan fingerprint density at radius 2 is 2.07 bits per heavy atom. The zero-order chi connectivity index (χ0) is 21.2. The lowest BCUT2D eigenvalue weighted by atomic mass is 9.89. The Labute approximate surface area is 176 Å². The predicted molar refractivity (Wildman–Crippen MR) is 111 cm³/mol. The summed E-state index contributed by atoms with van der Waals surface area (Å²) in [5, 5.41) is 39.8. The van der Waals surface area contributed by atoms with Crippen LogP contribution in [0.2, 0.25) is 5.02 Å². The molecule has 0 aromatic heterocycles. The Bertz CT molecular complexity index is 704. The fraction of sp³-hybridized carbons (Fsp3) is 0.500. The van der Waals surface area contributed by atoms with E-state index >= 15 is 0 Å².